The Morgan fingerprint density at radius 3 is 2.24 bits per heavy atom. The van der Waals surface area contributed by atoms with Gasteiger partial charge in [-0.3, -0.25) is 4.90 Å². The van der Waals surface area contributed by atoms with Crippen molar-refractivity contribution in [3.05, 3.63) is 0 Å². The average molecular weight is 296 g/mol. The van der Waals surface area contributed by atoms with E-state index in [4.69, 9.17) is 5.73 Å². The Morgan fingerprint density at radius 2 is 1.67 bits per heavy atom. The van der Waals surface area contributed by atoms with Gasteiger partial charge in [-0.05, 0) is 57.0 Å². The Morgan fingerprint density at radius 1 is 1.00 bits per heavy atom. The molecule has 0 radical (unpaired) electrons. The summed E-state index contributed by atoms with van der Waals surface area (Å²) in [6, 6.07) is 0.919. The molecule has 124 valence electrons. The summed E-state index contributed by atoms with van der Waals surface area (Å²) in [6.45, 7) is 12.0. The fraction of sp³-hybridized carbons (Fsp3) is 1.00. The molecule has 0 aromatic carbocycles. The summed E-state index contributed by atoms with van der Waals surface area (Å²) >= 11 is 0. The third kappa shape index (κ3) is 5.54. The monoisotopic (exact) mass is 295 g/mol. The molecular formula is C18H37N3. The molecule has 0 amide bonds. The first-order chi connectivity index (χ1) is 10.2. The molecule has 0 aromatic rings. The van der Waals surface area contributed by atoms with E-state index in [1.54, 1.807) is 0 Å². The number of hydrogen-bond donors (Lipinski definition) is 1. The van der Waals surface area contributed by atoms with Gasteiger partial charge in [-0.15, -0.1) is 0 Å². The van der Waals surface area contributed by atoms with E-state index in [-0.39, 0.29) is 0 Å². The first-order valence-electron chi connectivity index (χ1n) is 9.37. The molecule has 3 nitrogen and oxygen atoms in total. The lowest BCUT2D eigenvalue weighted by molar-refractivity contribution is 0.0953. The van der Waals surface area contributed by atoms with Crippen molar-refractivity contribution < 1.29 is 0 Å². The van der Waals surface area contributed by atoms with Crippen LogP contribution in [0.5, 0.6) is 0 Å². The van der Waals surface area contributed by atoms with Crippen molar-refractivity contribution in [2.75, 3.05) is 39.3 Å². The molecule has 1 aliphatic carbocycles. The van der Waals surface area contributed by atoms with Gasteiger partial charge < -0.3 is 10.6 Å². The smallest absolute Gasteiger partial charge is 0.0113 e. The van der Waals surface area contributed by atoms with E-state index in [0.717, 1.165) is 24.4 Å². The third-order valence-electron chi connectivity index (χ3n) is 5.78. The first kappa shape index (κ1) is 17.2. The van der Waals surface area contributed by atoms with Crippen molar-refractivity contribution >= 4 is 0 Å². The molecule has 1 atom stereocenters. The van der Waals surface area contributed by atoms with Gasteiger partial charge in [0.2, 0.25) is 0 Å². The summed E-state index contributed by atoms with van der Waals surface area (Å²) in [6.07, 6.45) is 9.74. The normalized spacial score (nSPS) is 24.0. The van der Waals surface area contributed by atoms with E-state index >= 15 is 0 Å². The van der Waals surface area contributed by atoms with Crippen LogP contribution < -0.4 is 5.73 Å². The van der Waals surface area contributed by atoms with Gasteiger partial charge >= 0.3 is 0 Å². The standard InChI is InChI=1S/C18H37N3/c1-16(2)17(9-10-19)6-5-11-20-12-14-21(15-13-20)18-7-3-4-8-18/h16-18H,3-15,19H2,1-2H3. The molecule has 3 heteroatoms. The Hall–Kier alpha value is -0.120. The molecule has 2 N–H and O–H groups in total. The van der Waals surface area contributed by atoms with Crippen molar-refractivity contribution in [3.8, 4) is 0 Å². The van der Waals surface area contributed by atoms with Crippen LogP contribution in [0.15, 0.2) is 0 Å². The van der Waals surface area contributed by atoms with Gasteiger partial charge in [-0.2, -0.15) is 0 Å². The molecule has 0 bridgehead atoms. The maximum Gasteiger partial charge on any atom is 0.0113 e. The summed E-state index contributed by atoms with van der Waals surface area (Å²) in [5.41, 5.74) is 5.74. The lowest BCUT2D eigenvalue weighted by Gasteiger charge is -2.38. The van der Waals surface area contributed by atoms with Crippen LogP contribution >= 0.6 is 0 Å². The summed E-state index contributed by atoms with van der Waals surface area (Å²) in [5.74, 6) is 1.61. The largest absolute Gasteiger partial charge is 0.330 e. The van der Waals surface area contributed by atoms with Gasteiger partial charge in [-0.25, -0.2) is 0 Å². The van der Waals surface area contributed by atoms with E-state index in [2.05, 4.69) is 23.6 Å². The summed E-state index contributed by atoms with van der Waals surface area (Å²) < 4.78 is 0. The molecule has 2 rings (SSSR count). The van der Waals surface area contributed by atoms with Crippen LogP contribution in [0.1, 0.15) is 58.8 Å². The second-order valence-electron chi connectivity index (χ2n) is 7.54. The van der Waals surface area contributed by atoms with Crippen LogP contribution in [-0.4, -0.2) is 55.1 Å². The van der Waals surface area contributed by atoms with Crippen molar-refractivity contribution in [2.24, 2.45) is 17.6 Å². The number of nitrogens with zero attached hydrogens (tertiary/aromatic N) is 2. The topological polar surface area (TPSA) is 32.5 Å². The Balaban J connectivity index is 1.60. The maximum atomic E-state index is 5.74. The Kier molecular flexibility index (Phi) is 7.48. The number of piperazine rings is 1. The predicted octanol–water partition coefficient (Wildman–Crippen LogP) is 2.95. The zero-order chi connectivity index (χ0) is 15.1. The van der Waals surface area contributed by atoms with Gasteiger partial charge in [-0.1, -0.05) is 26.7 Å². The molecule has 0 aromatic heterocycles. The van der Waals surface area contributed by atoms with Crippen LogP contribution in [0.3, 0.4) is 0 Å². The highest BCUT2D eigenvalue weighted by molar-refractivity contribution is 4.82. The minimum absolute atomic E-state index is 0.785. The van der Waals surface area contributed by atoms with Crippen molar-refractivity contribution in [1.29, 1.82) is 0 Å². The second-order valence-corrected chi connectivity index (χ2v) is 7.54. The SMILES string of the molecule is CC(C)C(CCN)CCCN1CCN(C2CCCC2)CC1. The molecule has 2 fully saturated rings. The van der Waals surface area contributed by atoms with E-state index in [0.29, 0.717) is 0 Å². The maximum absolute atomic E-state index is 5.74. The molecule has 0 spiro atoms. The van der Waals surface area contributed by atoms with Gasteiger partial charge in [0.05, 0.1) is 0 Å². The van der Waals surface area contributed by atoms with Gasteiger partial charge in [0.15, 0.2) is 0 Å². The zero-order valence-corrected chi connectivity index (χ0v) is 14.4. The number of nitrogens with two attached hydrogens (primary N) is 1. The Labute approximate surface area is 132 Å². The fourth-order valence-electron chi connectivity index (χ4n) is 4.22. The number of rotatable bonds is 8. The third-order valence-corrected chi connectivity index (χ3v) is 5.78. The van der Waals surface area contributed by atoms with Crippen LogP contribution in [0.4, 0.5) is 0 Å². The lowest BCUT2D eigenvalue weighted by Crippen LogP contribution is -2.49. The Bertz CT molecular complexity index is 266. The number of hydrogen-bond acceptors (Lipinski definition) is 3. The van der Waals surface area contributed by atoms with Crippen LogP contribution in [-0.2, 0) is 0 Å². The highest BCUT2D eigenvalue weighted by atomic mass is 15.3. The molecule has 2 aliphatic rings. The van der Waals surface area contributed by atoms with Crippen molar-refractivity contribution in [3.63, 3.8) is 0 Å². The molecule has 1 heterocycles. The van der Waals surface area contributed by atoms with E-state index < -0.39 is 0 Å². The molecule has 1 aliphatic heterocycles. The minimum Gasteiger partial charge on any atom is -0.330 e. The van der Waals surface area contributed by atoms with Gasteiger partial charge in [0.1, 0.15) is 0 Å². The summed E-state index contributed by atoms with van der Waals surface area (Å²) in [5, 5.41) is 0. The quantitative estimate of drug-likeness (QED) is 0.747. The van der Waals surface area contributed by atoms with E-state index in [9.17, 15) is 0 Å². The lowest BCUT2D eigenvalue weighted by atomic mass is 9.88. The molecule has 1 saturated heterocycles. The average Bonchev–Trinajstić information content (AvgIpc) is 3.01. The van der Waals surface area contributed by atoms with E-state index in [1.807, 2.05) is 0 Å². The molecule has 1 saturated carbocycles. The van der Waals surface area contributed by atoms with Crippen LogP contribution in [0.25, 0.3) is 0 Å². The highest BCUT2D eigenvalue weighted by Crippen LogP contribution is 2.25. The summed E-state index contributed by atoms with van der Waals surface area (Å²) in [7, 11) is 0. The molecule has 1 unspecified atom stereocenters. The predicted molar refractivity (Wildman–Crippen MR) is 91.5 cm³/mol. The second kappa shape index (κ2) is 9.12. The van der Waals surface area contributed by atoms with Gasteiger partial charge in [0.25, 0.3) is 0 Å². The highest BCUT2D eigenvalue weighted by Gasteiger charge is 2.25. The van der Waals surface area contributed by atoms with Crippen LogP contribution in [0, 0.1) is 11.8 Å². The van der Waals surface area contributed by atoms with Crippen LogP contribution in [0.2, 0.25) is 0 Å². The summed E-state index contributed by atoms with van der Waals surface area (Å²) in [4.78, 5) is 5.44. The molecule has 21 heavy (non-hydrogen) atoms. The minimum atomic E-state index is 0.785. The fourth-order valence-corrected chi connectivity index (χ4v) is 4.22. The zero-order valence-electron chi connectivity index (χ0n) is 14.4. The van der Waals surface area contributed by atoms with Gasteiger partial charge in [0, 0.05) is 32.2 Å². The molecular weight excluding hydrogens is 258 g/mol. The first-order valence-corrected chi connectivity index (χ1v) is 9.37. The van der Waals surface area contributed by atoms with E-state index in [1.165, 1.54) is 77.7 Å². The van der Waals surface area contributed by atoms with Crippen molar-refractivity contribution in [1.82, 2.24) is 9.80 Å². The van der Waals surface area contributed by atoms with Crippen molar-refractivity contribution in [2.45, 2.75) is 64.8 Å².